The van der Waals surface area contributed by atoms with Crippen molar-refractivity contribution in [3.05, 3.63) is 95.6 Å². The lowest BCUT2D eigenvalue weighted by molar-refractivity contribution is -0.131. The van der Waals surface area contributed by atoms with Crippen LogP contribution in [-0.4, -0.2) is 48.4 Å². The molecule has 0 saturated heterocycles. The molecule has 204 valence electrons. The van der Waals surface area contributed by atoms with E-state index in [-0.39, 0.29) is 24.3 Å². The molecule has 1 aliphatic rings. The van der Waals surface area contributed by atoms with Gasteiger partial charge >= 0.3 is 6.03 Å². The van der Waals surface area contributed by atoms with Crippen LogP contribution in [0.4, 0.5) is 16.2 Å². The van der Waals surface area contributed by atoms with Gasteiger partial charge in [0.05, 0.1) is 0 Å². The first kappa shape index (κ1) is 27.9. The molecule has 7 heteroatoms. The van der Waals surface area contributed by atoms with E-state index in [1.54, 1.807) is 4.90 Å². The molecule has 0 aromatic heterocycles. The Balaban J connectivity index is 1.69. The zero-order valence-corrected chi connectivity index (χ0v) is 23.0. The van der Waals surface area contributed by atoms with Gasteiger partial charge in [-0.15, -0.1) is 0 Å². The fourth-order valence-electron chi connectivity index (χ4n) is 5.27. The predicted octanol–water partition coefficient (Wildman–Crippen LogP) is 5.70. The molecule has 0 radical (unpaired) electrons. The summed E-state index contributed by atoms with van der Waals surface area (Å²) in [7, 11) is 0. The van der Waals surface area contributed by atoms with Gasteiger partial charge in [0, 0.05) is 30.4 Å². The number of nitrogens with zero attached hydrogens (tertiary/aromatic N) is 2. The van der Waals surface area contributed by atoms with Crippen LogP contribution >= 0.6 is 0 Å². The van der Waals surface area contributed by atoms with Gasteiger partial charge in [0.15, 0.2) is 0 Å². The SMILES string of the molecule is CCCN(CCC)C(=O)CN1C(=O)C(NC(=O)Nc2cccc(C)c2)CC(c2ccccc2)c2ccccc21. The smallest absolute Gasteiger partial charge is 0.319 e. The molecule has 0 fully saturated rings. The highest BCUT2D eigenvalue weighted by atomic mass is 16.2. The van der Waals surface area contributed by atoms with E-state index < -0.39 is 12.1 Å². The number of carbonyl (C=O) groups is 3. The summed E-state index contributed by atoms with van der Waals surface area (Å²) in [5.74, 6) is -0.525. The number of hydrogen-bond acceptors (Lipinski definition) is 3. The topological polar surface area (TPSA) is 81.8 Å². The highest BCUT2D eigenvalue weighted by molar-refractivity contribution is 6.05. The molecule has 1 heterocycles. The highest BCUT2D eigenvalue weighted by Gasteiger charge is 2.37. The summed E-state index contributed by atoms with van der Waals surface area (Å²) in [5.41, 5.74) is 4.40. The number of carbonyl (C=O) groups excluding carboxylic acids is 3. The Labute approximate surface area is 231 Å². The summed E-state index contributed by atoms with van der Waals surface area (Å²) in [6.45, 7) is 7.25. The van der Waals surface area contributed by atoms with Crippen LogP contribution in [0.5, 0.6) is 0 Å². The van der Waals surface area contributed by atoms with E-state index in [2.05, 4.69) is 10.6 Å². The van der Waals surface area contributed by atoms with Crippen LogP contribution in [-0.2, 0) is 9.59 Å². The minimum absolute atomic E-state index is 0.0744. The number of fused-ring (bicyclic) bond motifs is 1. The lowest BCUT2D eigenvalue weighted by Gasteiger charge is -2.29. The van der Waals surface area contributed by atoms with Gasteiger partial charge in [-0.05, 0) is 61.1 Å². The summed E-state index contributed by atoms with van der Waals surface area (Å²) < 4.78 is 0. The maximum absolute atomic E-state index is 14.1. The molecule has 0 spiro atoms. The van der Waals surface area contributed by atoms with Crippen LogP contribution in [0.1, 0.15) is 55.7 Å². The number of amides is 4. The maximum Gasteiger partial charge on any atom is 0.319 e. The number of anilines is 2. The lowest BCUT2D eigenvalue weighted by Crippen LogP contribution is -2.52. The van der Waals surface area contributed by atoms with Gasteiger partial charge in [-0.2, -0.15) is 0 Å². The molecule has 0 saturated carbocycles. The minimum atomic E-state index is -0.828. The molecule has 2 unspecified atom stereocenters. The molecule has 39 heavy (non-hydrogen) atoms. The van der Waals surface area contributed by atoms with Crippen LogP contribution in [0.3, 0.4) is 0 Å². The second-order valence-electron chi connectivity index (χ2n) is 10.1. The molecule has 2 atom stereocenters. The number of nitrogens with one attached hydrogen (secondary N) is 2. The Morgan fingerprint density at radius 3 is 2.31 bits per heavy atom. The minimum Gasteiger partial charge on any atom is -0.341 e. The van der Waals surface area contributed by atoms with Crippen molar-refractivity contribution < 1.29 is 14.4 Å². The van der Waals surface area contributed by atoms with Gasteiger partial charge in [-0.3, -0.25) is 9.59 Å². The molecule has 4 rings (SSSR count). The first-order valence-electron chi connectivity index (χ1n) is 13.8. The summed E-state index contributed by atoms with van der Waals surface area (Å²) in [6, 6.07) is 24.0. The van der Waals surface area contributed by atoms with Gasteiger partial charge < -0.3 is 20.4 Å². The first-order valence-corrected chi connectivity index (χ1v) is 13.8. The van der Waals surface area contributed by atoms with Crippen molar-refractivity contribution in [1.82, 2.24) is 10.2 Å². The molecule has 1 aliphatic heterocycles. The van der Waals surface area contributed by atoms with Crippen molar-refractivity contribution in [2.24, 2.45) is 0 Å². The number of benzene rings is 3. The molecule has 7 nitrogen and oxygen atoms in total. The standard InChI is InChI=1S/C32H38N4O3/c1-4-18-35(19-5-2)30(37)22-36-29-17-10-9-16-26(29)27(24-13-7-6-8-14-24)21-28(31(36)38)34-32(39)33-25-15-11-12-23(3)20-25/h6-17,20,27-28H,4-5,18-19,21-22H2,1-3H3,(H2,33,34,39). The summed E-state index contributed by atoms with van der Waals surface area (Å²) in [4.78, 5) is 44.1. The van der Waals surface area contributed by atoms with Crippen LogP contribution in [0.15, 0.2) is 78.9 Å². The van der Waals surface area contributed by atoms with E-state index in [0.29, 0.717) is 30.9 Å². The number of hydrogen-bond donors (Lipinski definition) is 2. The van der Waals surface area contributed by atoms with Crippen LogP contribution in [0.25, 0.3) is 0 Å². The average molecular weight is 527 g/mol. The zero-order valence-electron chi connectivity index (χ0n) is 23.0. The van der Waals surface area contributed by atoms with Crippen molar-refractivity contribution in [3.63, 3.8) is 0 Å². The third-order valence-corrected chi connectivity index (χ3v) is 7.05. The molecule has 3 aromatic rings. The summed E-state index contributed by atoms with van der Waals surface area (Å²) in [6.07, 6.45) is 2.06. The summed E-state index contributed by atoms with van der Waals surface area (Å²) in [5, 5.41) is 5.79. The normalized spacial score (nSPS) is 16.7. The first-order chi connectivity index (χ1) is 18.9. The van der Waals surface area contributed by atoms with Crippen LogP contribution in [0.2, 0.25) is 0 Å². The van der Waals surface area contributed by atoms with Crippen molar-refractivity contribution >= 4 is 29.2 Å². The molecular formula is C32H38N4O3. The van der Waals surface area contributed by atoms with Crippen molar-refractivity contribution in [2.75, 3.05) is 29.9 Å². The van der Waals surface area contributed by atoms with Crippen LogP contribution in [0, 0.1) is 6.92 Å². The van der Waals surface area contributed by atoms with Gasteiger partial charge in [-0.1, -0.05) is 74.5 Å². The molecule has 3 aromatic carbocycles. The number of para-hydroxylation sites is 1. The predicted molar refractivity (Wildman–Crippen MR) is 156 cm³/mol. The molecule has 2 N–H and O–H groups in total. The van der Waals surface area contributed by atoms with E-state index in [0.717, 1.165) is 29.5 Å². The third-order valence-electron chi connectivity index (χ3n) is 7.05. The van der Waals surface area contributed by atoms with Crippen molar-refractivity contribution in [3.8, 4) is 0 Å². The number of urea groups is 1. The second-order valence-corrected chi connectivity index (χ2v) is 10.1. The van der Waals surface area contributed by atoms with Gasteiger partial charge in [-0.25, -0.2) is 4.79 Å². The molecule has 0 bridgehead atoms. The summed E-state index contributed by atoms with van der Waals surface area (Å²) >= 11 is 0. The Hall–Kier alpha value is -4.13. The highest BCUT2D eigenvalue weighted by Crippen LogP contribution is 2.39. The second kappa shape index (κ2) is 13.1. The Morgan fingerprint density at radius 1 is 0.923 bits per heavy atom. The molecular weight excluding hydrogens is 488 g/mol. The van der Waals surface area contributed by atoms with E-state index in [1.165, 1.54) is 0 Å². The fraction of sp³-hybridized carbons (Fsp3) is 0.344. The van der Waals surface area contributed by atoms with E-state index >= 15 is 0 Å². The van der Waals surface area contributed by atoms with Gasteiger partial charge in [0.1, 0.15) is 12.6 Å². The number of aryl methyl sites for hydroxylation is 1. The Morgan fingerprint density at radius 2 is 1.62 bits per heavy atom. The average Bonchev–Trinajstić information content (AvgIpc) is 3.04. The molecule has 4 amide bonds. The fourth-order valence-corrected chi connectivity index (χ4v) is 5.27. The van der Waals surface area contributed by atoms with Crippen molar-refractivity contribution in [1.29, 1.82) is 0 Å². The zero-order chi connectivity index (χ0) is 27.8. The number of rotatable bonds is 9. The van der Waals surface area contributed by atoms with Gasteiger partial charge in [0.25, 0.3) is 0 Å². The van der Waals surface area contributed by atoms with E-state index in [1.807, 2.05) is 105 Å². The van der Waals surface area contributed by atoms with Gasteiger partial charge in [0.2, 0.25) is 11.8 Å². The maximum atomic E-state index is 14.1. The van der Waals surface area contributed by atoms with Crippen LogP contribution < -0.4 is 15.5 Å². The third kappa shape index (κ3) is 6.85. The largest absolute Gasteiger partial charge is 0.341 e. The quantitative estimate of drug-likeness (QED) is 0.375. The Bertz CT molecular complexity index is 1290. The lowest BCUT2D eigenvalue weighted by atomic mass is 9.86. The monoisotopic (exact) mass is 526 g/mol. The van der Waals surface area contributed by atoms with E-state index in [9.17, 15) is 14.4 Å². The molecule has 0 aliphatic carbocycles. The van der Waals surface area contributed by atoms with E-state index in [4.69, 9.17) is 0 Å². The Kier molecular flexibility index (Phi) is 9.36. The van der Waals surface area contributed by atoms with Crippen molar-refractivity contribution in [2.45, 2.75) is 52.0 Å².